The smallest absolute Gasteiger partial charge is 0.191 e. The van der Waals surface area contributed by atoms with E-state index in [1.807, 2.05) is 26.2 Å². The number of hydrogen-bond acceptors (Lipinski definition) is 2. The van der Waals surface area contributed by atoms with Gasteiger partial charge in [0.05, 0.1) is 0 Å². The molecule has 0 aliphatic rings. The van der Waals surface area contributed by atoms with Crippen LogP contribution >= 0.6 is 24.0 Å². The second-order valence-corrected chi connectivity index (χ2v) is 6.23. The van der Waals surface area contributed by atoms with Crippen molar-refractivity contribution in [1.29, 1.82) is 0 Å². The number of anilines is 1. The average Bonchev–Trinajstić information content (AvgIpc) is 2.60. The van der Waals surface area contributed by atoms with E-state index in [4.69, 9.17) is 0 Å². The van der Waals surface area contributed by atoms with E-state index < -0.39 is 0 Å². The van der Waals surface area contributed by atoms with Gasteiger partial charge in [-0.2, -0.15) is 0 Å². The van der Waals surface area contributed by atoms with Gasteiger partial charge in [-0.15, -0.1) is 24.0 Å². The first-order chi connectivity index (χ1) is 12.0. The van der Waals surface area contributed by atoms with E-state index in [1.54, 1.807) is 7.05 Å². The molecule has 0 heterocycles. The maximum atomic E-state index is 12.9. The molecule has 0 spiro atoms. The molecule has 0 aromatic heterocycles. The summed E-state index contributed by atoms with van der Waals surface area (Å²) in [6, 6.07) is 13.0. The van der Waals surface area contributed by atoms with Crippen molar-refractivity contribution in [3.8, 4) is 0 Å². The summed E-state index contributed by atoms with van der Waals surface area (Å²) < 4.78 is 12.9. The van der Waals surface area contributed by atoms with Crippen molar-refractivity contribution in [3.63, 3.8) is 0 Å². The Kier molecular flexibility index (Phi) is 9.40. The fourth-order valence-electron chi connectivity index (χ4n) is 2.53. The quantitative estimate of drug-likeness (QED) is 0.384. The van der Waals surface area contributed by atoms with Gasteiger partial charge in [-0.3, -0.25) is 4.99 Å². The number of nitrogens with one attached hydrogen (secondary N) is 2. The van der Waals surface area contributed by atoms with Crippen molar-refractivity contribution in [2.24, 2.45) is 4.99 Å². The zero-order valence-electron chi connectivity index (χ0n) is 15.8. The summed E-state index contributed by atoms with van der Waals surface area (Å²) in [6.45, 7) is 3.58. The molecule has 0 bridgehead atoms. The molecule has 0 fully saturated rings. The fourth-order valence-corrected chi connectivity index (χ4v) is 2.53. The minimum absolute atomic E-state index is 0. The van der Waals surface area contributed by atoms with Crippen LogP contribution in [0.2, 0.25) is 0 Å². The predicted octanol–water partition coefficient (Wildman–Crippen LogP) is 3.73. The molecule has 2 aromatic carbocycles. The molecule has 0 radical (unpaired) electrons. The molecule has 4 nitrogen and oxygen atoms in total. The topological polar surface area (TPSA) is 39.7 Å². The standard InChI is InChI=1S/C20H27FN4.HI/c1-15-13-19(25(3)4)10-7-17(15)14-24-20(22-2)23-12-11-16-5-8-18(21)9-6-16;/h5-10,13H,11-12,14H2,1-4H3,(H2,22,23,24);1H. The van der Waals surface area contributed by atoms with E-state index in [9.17, 15) is 4.39 Å². The summed E-state index contributed by atoms with van der Waals surface area (Å²) >= 11 is 0. The van der Waals surface area contributed by atoms with Crippen LogP contribution in [0.5, 0.6) is 0 Å². The molecule has 0 atom stereocenters. The summed E-state index contributed by atoms with van der Waals surface area (Å²) in [4.78, 5) is 6.35. The molecule has 0 saturated heterocycles. The number of guanidine groups is 1. The van der Waals surface area contributed by atoms with Crippen LogP contribution in [0, 0.1) is 12.7 Å². The molecule has 2 N–H and O–H groups in total. The molecule has 0 amide bonds. The summed E-state index contributed by atoms with van der Waals surface area (Å²) in [5.41, 5.74) is 4.79. The molecule has 0 aliphatic heterocycles. The highest BCUT2D eigenvalue weighted by Crippen LogP contribution is 2.17. The Morgan fingerprint density at radius 2 is 1.77 bits per heavy atom. The van der Waals surface area contributed by atoms with E-state index >= 15 is 0 Å². The van der Waals surface area contributed by atoms with Crippen LogP contribution in [0.1, 0.15) is 16.7 Å². The third kappa shape index (κ3) is 6.82. The monoisotopic (exact) mass is 470 g/mol. The van der Waals surface area contributed by atoms with Gasteiger partial charge in [0, 0.05) is 39.9 Å². The van der Waals surface area contributed by atoms with Gasteiger partial charge in [-0.1, -0.05) is 18.2 Å². The predicted molar refractivity (Wildman–Crippen MR) is 119 cm³/mol. The SMILES string of the molecule is CN=C(NCCc1ccc(F)cc1)NCc1ccc(N(C)C)cc1C.I. The second kappa shape index (κ2) is 11.0. The lowest BCUT2D eigenvalue weighted by Crippen LogP contribution is -2.38. The van der Waals surface area contributed by atoms with Crippen LogP contribution in [-0.4, -0.2) is 33.6 Å². The van der Waals surface area contributed by atoms with Gasteiger partial charge in [0.15, 0.2) is 5.96 Å². The van der Waals surface area contributed by atoms with Crippen LogP contribution in [0.3, 0.4) is 0 Å². The lowest BCUT2D eigenvalue weighted by Gasteiger charge is -2.16. The molecule has 142 valence electrons. The highest BCUT2D eigenvalue weighted by Gasteiger charge is 2.04. The molecule has 2 aromatic rings. The fraction of sp³-hybridized carbons (Fsp3) is 0.350. The van der Waals surface area contributed by atoms with Crippen molar-refractivity contribution in [3.05, 3.63) is 65.0 Å². The number of benzene rings is 2. The van der Waals surface area contributed by atoms with Crippen LogP contribution in [0.25, 0.3) is 0 Å². The maximum Gasteiger partial charge on any atom is 0.191 e. The first-order valence-corrected chi connectivity index (χ1v) is 8.45. The largest absolute Gasteiger partial charge is 0.378 e. The highest BCUT2D eigenvalue weighted by atomic mass is 127. The van der Waals surface area contributed by atoms with Crippen LogP contribution in [0.15, 0.2) is 47.5 Å². The van der Waals surface area contributed by atoms with E-state index in [1.165, 1.54) is 28.9 Å². The highest BCUT2D eigenvalue weighted by molar-refractivity contribution is 14.0. The molecule has 0 saturated carbocycles. The van der Waals surface area contributed by atoms with E-state index in [-0.39, 0.29) is 29.8 Å². The number of aryl methyl sites for hydroxylation is 1. The third-order valence-corrected chi connectivity index (χ3v) is 4.13. The first-order valence-electron chi connectivity index (χ1n) is 8.45. The van der Waals surface area contributed by atoms with Gasteiger partial charge in [-0.05, 0) is 54.3 Å². The van der Waals surface area contributed by atoms with Crippen LogP contribution in [-0.2, 0) is 13.0 Å². The third-order valence-electron chi connectivity index (χ3n) is 4.13. The van der Waals surface area contributed by atoms with Crippen molar-refractivity contribution < 1.29 is 4.39 Å². The van der Waals surface area contributed by atoms with E-state index in [2.05, 4.69) is 45.6 Å². The summed E-state index contributed by atoms with van der Waals surface area (Å²) in [5.74, 6) is 0.558. The average molecular weight is 470 g/mol. The Hall–Kier alpha value is -1.83. The van der Waals surface area contributed by atoms with Crippen molar-refractivity contribution in [1.82, 2.24) is 10.6 Å². The lowest BCUT2D eigenvalue weighted by atomic mass is 10.1. The Morgan fingerprint density at radius 1 is 1.08 bits per heavy atom. The first kappa shape index (κ1) is 22.2. The number of hydrogen-bond donors (Lipinski definition) is 2. The normalized spacial score (nSPS) is 10.9. The minimum atomic E-state index is -0.204. The van der Waals surface area contributed by atoms with E-state index in [0.29, 0.717) is 0 Å². The Bertz CT molecular complexity index is 714. The Balaban J connectivity index is 0.00000338. The van der Waals surface area contributed by atoms with Gasteiger partial charge in [-0.25, -0.2) is 4.39 Å². The molecule has 0 unspecified atom stereocenters. The minimum Gasteiger partial charge on any atom is -0.378 e. The lowest BCUT2D eigenvalue weighted by molar-refractivity contribution is 0.626. The van der Waals surface area contributed by atoms with Gasteiger partial charge >= 0.3 is 0 Å². The van der Waals surface area contributed by atoms with Gasteiger partial charge < -0.3 is 15.5 Å². The van der Waals surface area contributed by atoms with Crippen LogP contribution in [0.4, 0.5) is 10.1 Å². The van der Waals surface area contributed by atoms with Crippen molar-refractivity contribution in [2.45, 2.75) is 19.9 Å². The van der Waals surface area contributed by atoms with E-state index in [0.717, 1.165) is 31.0 Å². The molecule has 26 heavy (non-hydrogen) atoms. The van der Waals surface area contributed by atoms with Gasteiger partial charge in [0.2, 0.25) is 0 Å². The molecule has 0 aliphatic carbocycles. The zero-order chi connectivity index (χ0) is 18.2. The Labute approximate surface area is 172 Å². The molecule has 6 heteroatoms. The maximum absolute atomic E-state index is 12.9. The number of nitrogens with zero attached hydrogens (tertiary/aromatic N) is 2. The summed E-state index contributed by atoms with van der Waals surface area (Å²) in [6.07, 6.45) is 0.817. The number of aliphatic imine (C=N–C) groups is 1. The zero-order valence-corrected chi connectivity index (χ0v) is 18.2. The molecular weight excluding hydrogens is 442 g/mol. The van der Waals surface area contributed by atoms with Crippen molar-refractivity contribution in [2.75, 3.05) is 32.6 Å². The Morgan fingerprint density at radius 3 is 2.35 bits per heavy atom. The van der Waals surface area contributed by atoms with Gasteiger partial charge in [0.1, 0.15) is 5.82 Å². The molecular formula is C20H28FIN4. The summed E-state index contributed by atoms with van der Waals surface area (Å²) in [5, 5.41) is 6.62. The number of halogens is 2. The second-order valence-electron chi connectivity index (χ2n) is 6.23. The number of rotatable bonds is 6. The van der Waals surface area contributed by atoms with Gasteiger partial charge in [0.25, 0.3) is 0 Å². The molecule has 2 rings (SSSR count). The summed E-state index contributed by atoms with van der Waals surface area (Å²) in [7, 11) is 5.84. The van der Waals surface area contributed by atoms with Crippen LogP contribution < -0.4 is 15.5 Å². The van der Waals surface area contributed by atoms with Crippen molar-refractivity contribution >= 4 is 35.6 Å².